The van der Waals surface area contributed by atoms with E-state index < -0.39 is 0 Å². The predicted octanol–water partition coefficient (Wildman–Crippen LogP) is 2.58. The molecule has 0 amide bonds. The lowest BCUT2D eigenvalue weighted by atomic mass is 10.2. The van der Waals surface area contributed by atoms with Gasteiger partial charge in [-0.3, -0.25) is 0 Å². The molecule has 0 aliphatic carbocycles. The lowest BCUT2D eigenvalue weighted by molar-refractivity contribution is 1.67. The van der Waals surface area contributed by atoms with Gasteiger partial charge in [0.2, 0.25) is 0 Å². The molecule has 0 radical (unpaired) electrons. The summed E-state index contributed by atoms with van der Waals surface area (Å²) < 4.78 is 0. The van der Waals surface area contributed by atoms with Crippen LogP contribution in [0.2, 0.25) is 0 Å². The minimum Gasteiger partial charge on any atom is -0.106 e. The molecule has 0 heterocycles. The van der Waals surface area contributed by atoms with Crippen LogP contribution in [0.5, 0.6) is 0 Å². The van der Waals surface area contributed by atoms with Gasteiger partial charge >= 0.3 is 0 Å². The molecule has 0 aliphatic rings. The van der Waals surface area contributed by atoms with Crippen molar-refractivity contribution in [3.05, 3.63) is 42.5 Å². The molecule has 0 fully saturated rings. The highest BCUT2D eigenvalue weighted by Crippen LogP contribution is 1.97. The van der Waals surface area contributed by atoms with Crippen molar-refractivity contribution in [2.24, 2.45) is 0 Å². The van der Waals surface area contributed by atoms with E-state index in [9.17, 15) is 0 Å². The topological polar surface area (TPSA) is 0 Å². The third-order valence-electron chi connectivity index (χ3n) is 1.12. The van der Waals surface area contributed by atoms with Crippen molar-refractivity contribution in [3.8, 4) is 24.7 Å². The summed E-state index contributed by atoms with van der Waals surface area (Å²) in [5, 5.41) is 0. The van der Waals surface area contributed by atoms with Crippen LogP contribution < -0.4 is 0 Å². The van der Waals surface area contributed by atoms with E-state index in [-0.39, 0.29) is 0 Å². The van der Waals surface area contributed by atoms with E-state index in [4.69, 9.17) is 0 Å². The summed E-state index contributed by atoms with van der Waals surface area (Å²) in [4.78, 5) is 0. The van der Waals surface area contributed by atoms with E-state index in [1.54, 1.807) is 0 Å². The number of benzene rings is 1. The molecule has 0 bridgehead atoms. The largest absolute Gasteiger partial charge is 0.106 e. The molecule has 1 aromatic carbocycles. The first-order chi connectivity index (χ1) is 5.85. The Balaban J connectivity index is 0.000000261. The molecule has 0 aliphatic heterocycles. The van der Waals surface area contributed by atoms with Crippen LogP contribution in [-0.2, 0) is 0 Å². The molecular formula is C12H10. The smallest absolute Gasteiger partial charge is 0.0191 e. The highest BCUT2D eigenvalue weighted by atomic mass is 13.8. The fraction of sp³-hybridized carbons (Fsp3) is 0. The summed E-state index contributed by atoms with van der Waals surface area (Å²) >= 11 is 0. The van der Waals surface area contributed by atoms with Crippen molar-refractivity contribution in [1.82, 2.24) is 0 Å². The van der Waals surface area contributed by atoms with E-state index >= 15 is 0 Å². The van der Waals surface area contributed by atoms with Gasteiger partial charge in [-0.15, -0.1) is 12.8 Å². The number of hydrogen-bond donors (Lipinski definition) is 0. The van der Waals surface area contributed by atoms with Gasteiger partial charge in [-0.25, -0.2) is 0 Å². The van der Waals surface area contributed by atoms with Crippen LogP contribution in [0.1, 0.15) is 5.56 Å². The van der Waals surface area contributed by atoms with Gasteiger partial charge < -0.3 is 0 Å². The van der Waals surface area contributed by atoms with Crippen LogP contribution >= 0.6 is 0 Å². The van der Waals surface area contributed by atoms with Crippen molar-refractivity contribution < 1.29 is 0 Å². The second-order valence-electron chi connectivity index (χ2n) is 1.90. The average Bonchev–Trinajstić information content (AvgIpc) is 2.19. The van der Waals surface area contributed by atoms with Crippen LogP contribution in [0.4, 0.5) is 0 Å². The second-order valence-corrected chi connectivity index (χ2v) is 1.90. The monoisotopic (exact) mass is 154 g/mol. The van der Waals surface area contributed by atoms with Crippen molar-refractivity contribution >= 4 is 6.08 Å². The summed E-state index contributed by atoms with van der Waals surface area (Å²) in [7, 11) is 0. The summed E-state index contributed by atoms with van der Waals surface area (Å²) in [6.45, 7) is 3.63. The molecule has 0 spiro atoms. The van der Waals surface area contributed by atoms with E-state index in [1.165, 1.54) is 5.56 Å². The molecule has 1 aromatic rings. The van der Waals surface area contributed by atoms with Crippen LogP contribution in [0.3, 0.4) is 0 Å². The van der Waals surface area contributed by atoms with Gasteiger partial charge in [0, 0.05) is 0 Å². The molecule has 0 aromatic heterocycles. The van der Waals surface area contributed by atoms with Gasteiger partial charge in [-0.1, -0.05) is 43.0 Å². The van der Waals surface area contributed by atoms with Crippen LogP contribution in [0, 0.1) is 24.7 Å². The molecule has 0 nitrogen and oxygen atoms in total. The number of rotatable bonds is 1. The van der Waals surface area contributed by atoms with Gasteiger partial charge in [0.05, 0.1) is 0 Å². The quantitative estimate of drug-likeness (QED) is 0.545. The molecule has 12 heavy (non-hydrogen) atoms. The van der Waals surface area contributed by atoms with Gasteiger partial charge in [0.25, 0.3) is 0 Å². The van der Waals surface area contributed by atoms with E-state index in [0.717, 1.165) is 0 Å². The lowest BCUT2D eigenvalue weighted by Crippen LogP contribution is -1.63. The second kappa shape index (κ2) is 7.19. The van der Waals surface area contributed by atoms with E-state index in [1.807, 2.05) is 48.2 Å². The maximum Gasteiger partial charge on any atom is -0.0191 e. The standard InChI is InChI=1S/C8H8.C4H2/c1-2-8-6-4-3-5-7-8;1-3-4-2/h2-7H,1H2;1-2H. The fourth-order valence-electron chi connectivity index (χ4n) is 0.589. The van der Waals surface area contributed by atoms with Crippen molar-refractivity contribution in [3.63, 3.8) is 0 Å². The van der Waals surface area contributed by atoms with Crippen molar-refractivity contribution in [1.29, 1.82) is 0 Å². The van der Waals surface area contributed by atoms with Crippen LogP contribution in [-0.4, -0.2) is 0 Å². The minimum atomic E-state index is 1.17. The first-order valence-electron chi connectivity index (χ1n) is 3.43. The van der Waals surface area contributed by atoms with E-state index in [2.05, 4.69) is 19.4 Å². The van der Waals surface area contributed by atoms with Crippen LogP contribution in [0.25, 0.3) is 6.08 Å². The fourth-order valence-corrected chi connectivity index (χ4v) is 0.589. The first-order valence-corrected chi connectivity index (χ1v) is 3.43. The zero-order valence-electron chi connectivity index (χ0n) is 6.83. The Hall–Kier alpha value is -1.92. The average molecular weight is 154 g/mol. The van der Waals surface area contributed by atoms with Crippen LogP contribution in [0.15, 0.2) is 36.9 Å². The maximum atomic E-state index is 4.54. The lowest BCUT2D eigenvalue weighted by Gasteiger charge is -1.85. The Kier molecular flexibility index (Phi) is 6.04. The van der Waals surface area contributed by atoms with Gasteiger partial charge in [0.1, 0.15) is 0 Å². The molecule has 0 N–H and O–H groups in total. The van der Waals surface area contributed by atoms with Gasteiger partial charge in [-0.2, -0.15) is 0 Å². The normalized spacial score (nSPS) is 6.50. The zero-order valence-corrected chi connectivity index (χ0v) is 6.83. The summed E-state index contributed by atoms with van der Waals surface area (Å²) in [5.74, 6) is 3.92. The minimum absolute atomic E-state index is 1.17. The Morgan fingerprint density at radius 3 is 1.83 bits per heavy atom. The molecule has 0 unspecified atom stereocenters. The SMILES string of the molecule is C#CC#C.C=Cc1ccccc1. The Bertz CT molecular complexity index is 281. The predicted molar refractivity (Wildman–Crippen MR) is 54.2 cm³/mol. The van der Waals surface area contributed by atoms with E-state index in [0.29, 0.717) is 0 Å². The summed E-state index contributed by atoms with van der Waals surface area (Å²) in [5.41, 5.74) is 1.17. The highest BCUT2D eigenvalue weighted by molar-refractivity contribution is 5.45. The number of terminal acetylenes is 2. The Morgan fingerprint density at radius 2 is 1.58 bits per heavy atom. The maximum absolute atomic E-state index is 4.54. The highest BCUT2D eigenvalue weighted by Gasteiger charge is 1.75. The molecule has 1 rings (SSSR count). The summed E-state index contributed by atoms with van der Waals surface area (Å²) in [6, 6.07) is 10.0. The van der Waals surface area contributed by atoms with Gasteiger partial charge in [-0.05, 0) is 17.4 Å². The molecule has 0 saturated heterocycles. The van der Waals surface area contributed by atoms with Crippen molar-refractivity contribution in [2.75, 3.05) is 0 Å². The Morgan fingerprint density at radius 1 is 1.08 bits per heavy atom. The molecular weight excluding hydrogens is 144 g/mol. The Labute approximate surface area is 73.9 Å². The van der Waals surface area contributed by atoms with Crippen molar-refractivity contribution in [2.45, 2.75) is 0 Å². The molecule has 0 saturated carbocycles. The van der Waals surface area contributed by atoms with Gasteiger partial charge in [0.15, 0.2) is 0 Å². The number of hydrogen-bond acceptors (Lipinski definition) is 0. The first kappa shape index (κ1) is 10.1. The molecule has 0 atom stereocenters. The molecule has 0 heteroatoms. The molecule has 58 valence electrons. The third kappa shape index (κ3) is 4.91. The third-order valence-corrected chi connectivity index (χ3v) is 1.12. The summed E-state index contributed by atoms with van der Waals surface area (Å²) in [6.07, 6.45) is 10.9. The zero-order chi connectivity index (χ0) is 9.23.